The van der Waals surface area contributed by atoms with Gasteiger partial charge in [0.15, 0.2) is 15.5 Å². The van der Waals surface area contributed by atoms with Crippen LogP contribution in [0.4, 0.5) is 0 Å². The van der Waals surface area contributed by atoms with E-state index in [1.54, 1.807) is 4.90 Å². The predicted molar refractivity (Wildman–Crippen MR) is 87.6 cm³/mol. The van der Waals surface area contributed by atoms with Gasteiger partial charge < -0.3 is 13.8 Å². The molecule has 2 aromatic rings. The largest absolute Gasteiger partial charge is 0.465 e. The number of aromatic nitrogens is 1. The van der Waals surface area contributed by atoms with E-state index in [0.717, 1.165) is 11.5 Å². The van der Waals surface area contributed by atoms with Crippen LogP contribution < -0.4 is 0 Å². The summed E-state index contributed by atoms with van der Waals surface area (Å²) in [4.78, 5) is 16.4. The maximum Gasteiger partial charge on any atom is 0.276 e. The summed E-state index contributed by atoms with van der Waals surface area (Å²) in [5.74, 6) is 1.38. The highest BCUT2D eigenvalue weighted by Gasteiger charge is 2.48. The van der Waals surface area contributed by atoms with E-state index in [9.17, 15) is 13.2 Å². The molecule has 2 aromatic heterocycles. The Morgan fingerprint density at radius 2 is 2.04 bits per heavy atom. The summed E-state index contributed by atoms with van der Waals surface area (Å²) in [7, 11) is -3.19. The number of fused-ring (bicyclic) bond motifs is 1. The molecule has 8 nitrogen and oxygen atoms in total. The monoisotopic (exact) mass is 365 g/mol. The van der Waals surface area contributed by atoms with Crippen molar-refractivity contribution in [2.45, 2.75) is 25.6 Å². The number of hydrogen-bond acceptors (Lipinski definition) is 7. The van der Waals surface area contributed by atoms with E-state index in [1.165, 1.54) is 12.3 Å². The highest BCUT2D eigenvalue weighted by molar-refractivity contribution is 7.91. The molecule has 25 heavy (non-hydrogen) atoms. The molecule has 2 aliphatic rings. The molecule has 2 aliphatic heterocycles. The van der Waals surface area contributed by atoms with Crippen molar-refractivity contribution in [1.29, 1.82) is 0 Å². The minimum atomic E-state index is -3.19. The first-order chi connectivity index (χ1) is 11.9. The summed E-state index contributed by atoms with van der Waals surface area (Å²) in [5, 5.41) is 3.69. The number of aryl methyl sites for hydroxylation is 1. The highest BCUT2D eigenvalue weighted by Crippen LogP contribution is 2.29. The molecule has 4 heterocycles. The van der Waals surface area contributed by atoms with Crippen molar-refractivity contribution in [3.63, 3.8) is 0 Å². The molecule has 9 heteroatoms. The lowest BCUT2D eigenvalue weighted by Gasteiger charge is -2.43. The van der Waals surface area contributed by atoms with E-state index in [-0.39, 0.29) is 35.2 Å². The standard InChI is InChI=1S/C16H19N3O5S/c1-11-2-3-12(24-11)8-18-5-6-19(16(20)13-4-7-23-17-13)15-10-25(21,22)9-14(15)18/h2-4,7,14-15H,5-6,8-10H2,1H3. The third-order valence-electron chi connectivity index (χ3n) is 4.86. The van der Waals surface area contributed by atoms with Gasteiger partial charge in [0.1, 0.15) is 17.8 Å². The Labute approximate surface area is 145 Å². The lowest BCUT2D eigenvalue weighted by Crippen LogP contribution is -2.60. The Morgan fingerprint density at radius 3 is 2.72 bits per heavy atom. The van der Waals surface area contributed by atoms with Crippen LogP contribution in [0.5, 0.6) is 0 Å². The number of furan rings is 1. The van der Waals surface area contributed by atoms with E-state index in [2.05, 4.69) is 10.1 Å². The van der Waals surface area contributed by atoms with Gasteiger partial charge >= 0.3 is 0 Å². The Balaban J connectivity index is 1.58. The number of sulfone groups is 1. The van der Waals surface area contributed by atoms with Gasteiger partial charge in [0.2, 0.25) is 0 Å². The zero-order valence-corrected chi connectivity index (χ0v) is 14.6. The first-order valence-corrected chi connectivity index (χ1v) is 9.96. The van der Waals surface area contributed by atoms with Crippen LogP contribution in [0.3, 0.4) is 0 Å². The average Bonchev–Trinajstić information content (AvgIpc) is 3.26. The van der Waals surface area contributed by atoms with E-state index in [0.29, 0.717) is 19.6 Å². The molecular formula is C16H19N3O5S. The predicted octanol–water partition coefficient (Wildman–Crippen LogP) is 0.700. The summed E-state index contributed by atoms with van der Waals surface area (Å²) < 4.78 is 34.8. The smallest absolute Gasteiger partial charge is 0.276 e. The van der Waals surface area contributed by atoms with E-state index >= 15 is 0 Å². The van der Waals surface area contributed by atoms with Crippen molar-refractivity contribution >= 4 is 15.7 Å². The van der Waals surface area contributed by atoms with Crippen molar-refractivity contribution in [2.75, 3.05) is 24.6 Å². The zero-order chi connectivity index (χ0) is 17.6. The van der Waals surface area contributed by atoms with Crippen molar-refractivity contribution in [1.82, 2.24) is 15.0 Å². The molecule has 134 valence electrons. The fourth-order valence-corrected chi connectivity index (χ4v) is 5.73. The summed E-state index contributed by atoms with van der Waals surface area (Å²) >= 11 is 0. The van der Waals surface area contributed by atoms with Crippen LogP contribution in [0.25, 0.3) is 0 Å². The second-order valence-corrected chi connectivity index (χ2v) is 8.73. The zero-order valence-electron chi connectivity index (χ0n) is 13.8. The van der Waals surface area contributed by atoms with Crippen molar-refractivity contribution < 1.29 is 22.2 Å². The molecule has 2 unspecified atom stereocenters. The van der Waals surface area contributed by atoms with E-state index in [1.807, 2.05) is 19.1 Å². The van der Waals surface area contributed by atoms with Crippen molar-refractivity contribution in [3.8, 4) is 0 Å². The van der Waals surface area contributed by atoms with Gasteiger partial charge in [0.25, 0.3) is 5.91 Å². The van der Waals surface area contributed by atoms with Crippen LogP contribution in [0, 0.1) is 6.92 Å². The van der Waals surface area contributed by atoms with Crippen molar-refractivity contribution in [3.05, 3.63) is 41.7 Å². The number of nitrogens with zero attached hydrogens (tertiary/aromatic N) is 3. The molecular weight excluding hydrogens is 346 g/mol. The van der Waals surface area contributed by atoms with Gasteiger partial charge in [0.05, 0.1) is 24.1 Å². The van der Waals surface area contributed by atoms with E-state index in [4.69, 9.17) is 8.94 Å². The van der Waals surface area contributed by atoms with Gasteiger partial charge in [-0.3, -0.25) is 9.69 Å². The number of carbonyl (C=O) groups is 1. The summed E-state index contributed by atoms with van der Waals surface area (Å²) in [5.41, 5.74) is 0.207. The number of hydrogen-bond donors (Lipinski definition) is 0. The van der Waals surface area contributed by atoms with Crippen LogP contribution in [0.2, 0.25) is 0 Å². The SMILES string of the molecule is Cc1ccc(CN2CCN(C(=O)c3ccon3)C3CS(=O)(=O)CC32)o1. The van der Waals surface area contributed by atoms with Gasteiger partial charge in [-0.1, -0.05) is 5.16 Å². The molecule has 0 saturated carbocycles. The first-order valence-electron chi connectivity index (χ1n) is 8.14. The van der Waals surface area contributed by atoms with Gasteiger partial charge in [-0.05, 0) is 19.1 Å². The maximum absolute atomic E-state index is 12.7. The number of rotatable bonds is 3. The minimum absolute atomic E-state index is 0.0189. The number of amides is 1. The molecule has 2 saturated heterocycles. The minimum Gasteiger partial charge on any atom is -0.465 e. The third-order valence-corrected chi connectivity index (χ3v) is 6.56. The van der Waals surface area contributed by atoms with Gasteiger partial charge in [-0.2, -0.15) is 0 Å². The Morgan fingerprint density at radius 1 is 1.24 bits per heavy atom. The fraction of sp³-hybridized carbons (Fsp3) is 0.500. The molecule has 0 aliphatic carbocycles. The van der Waals surface area contributed by atoms with Gasteiger partial charge in [-0.25, -0.2) is 8.42 Å². The third kappa shape index (κ3) is 3.09. The molecule has 2 atom stereocenters. The molecule has 0 aromatic carbocycles. The molecule has 4 rings (SSSR count). The number of carbonyl (C=O) groups excluding carboxylic acids is 1. The van der Waals surface area contributed by atoms with Crippen LogP contribution in [-0.2, 0) is 16.4 Å². The quantitative estimate of drug-likeness (QED) is 0.790. The van der Waals surface area contributed by atoms with Crippen LogP contribution in [0.15, 0.2) is 33.4 Å². The van der Waals surface area contributed by atoms with Gasteiger partial charge in [-0.15, -0.1) is 0 Å². The Bertz CT molecular complexity index is 873. The topological polar surface area (TPSA) is 96.9 Å². The van der Waals surface area contributed by atoms with Crippen LogP contribution in [0.1, 0.15) is 22.0 Å². The fourth-order valence-electron chi connectivity index (χ4n) is 3.71. The molecule has 1 amide bonds. The average molecular weight is 365 g/mol. The normalized spacial score (nSPS) is 25.9. The lowest BCUT2D eigenvalue weighted by molar-refractivity contribution is 0.0277. The molecule has 0 spiro atoms. The number of piperazine rings is 1. The van der Waals surface area contributed by atoms with Crippen LogP contribution >= 0.6 is 0 Å². The molecule has 0 N–H and O–H groups in total. The Kier molecular flexibility index (Phi) is 3.92. The first kappa shape index (κ1) is 16.3. The van der Waals surface area contributed by atoms with Crippen molar-refractivity contribution in [2.24, 2.45) is 0 Å². The summed E-state index contributed by atoms with van der Waals surface area (Å²) in [6.45, 7) is 3.44. The van der Waals surface area contributed by atoms with Crippen LogP contribution in [-0.4, -0.2) is 66.0 Å². The highest BCUT2D eigenvalue weighted by atomic mass is 32.2. The molecule has 2 fully saturated rings. The van der Waals surface area contributed by atoms with Gasteiger partial charge in [0, 0.05) is 25.2 Å². The second-order valence-electron chi connectivity index (χ2n) is 6.58. The maximum atomic E-state index is 12.7. The summed E-state index contributed by atoms with van der Waals surface area (Å²) in [6, 6.07) is 4.68. The lowest BCUT2D eigenvalue weighted by atomic mass is 10.0. The second kappa shape index (κ2) is 5.99. The summed E-state index contributed by atoms with van der Waals surface area (Å²) in [6.07, 6.45) is 1.34. The Hall–Kier alpha value is -2.13. The van der Waals surface area contributed by atoms with E-state index < -0.39 is 9.84 Å². The molecule has 0 bridgehead atoms. The molecule has 0 radical (unpaired) electrons.